The van der Waals surface area contributed by atoms with Crippen molar-refractivity contribution in [2.24, 2.45) is 0 Å². The van der Waals surface area contributed by atoms with E-state index >= 15 is 0 Å². The normalized spacial score (nSPS) is 14.9. The van der Waals surface area contributed by atoms with Gasteiger partial charge in [0.2, 0.25) is 0 Å². The van der Waals surface area contributed by atoms with Gasteiger partial charge >= 0.3 is 0 Å². The zero-order chi connectivity index (χ0) is 25.9. The van der Waals surface area contributed by atoms with Crippen LogP contribution in [-0.2, 0) is 26.2 Å². The van der Waals surface area contributed by atoms with Gasteiger partial charge in [0.25, 0.3) is 0 Å². The Labute approximate surface area is 228 Å². The molecule has 3 aromatic carbocycles. The highest BCUT2D eigenvalue weighted by molar-refractivity contribution is 7.71. The number of nitrogens with zero attached hydrogens (tertiary/aromatic N) is 5. The van der Waals surface area contributed by atoms with Gasteiger partial charge in [-0.05, 0) is 48.0 Å². The molecule has 38 heavy (non-hydrogen) atoms. The fourth-order valence-corrected chi connectivity index (χ4v) is 5.75. The predicted molar refractivity (Wildman–Crippen MR) is 157 cm³/mol. The number of hydrogen-bond acceptors (Lipinski definition) is 6. The summed E-state index contributed by atoms with van der Waals surface area (Å²) in [6.45, 7) is 9.98. The number of rotatable bonds is 8. The first-order valence-electron chi connectivity index (χ1n) is 13.3. The molecule has 0 amide bonds. The molecule has 194 valence electrons. The number of anilines is 1. The molecule has 0 atom stereocenters. The average Bonchev–Trinajstić information content (AvgIpc) is 3.26. The van der Waals surface area contributed by atoms with E-state index in [9.17, 15) is 0 Å². The first-order valence-corrected chi connectivity index (χ1v) is 13.8. The summed E-state index contributed by atoms with van der Waals surface area (Å²) in [5.74, 6) is 0.838. The van der Waals surface area contributed by atoms with Gasteiger partial charge in [0.15, 0.2) is 4.77 Å². The minimum Gasteiger partial charge on any atom is -0.365 e. The van der Waals surface area contributed by atoms with Gasteiger partial charge in [-0.2, -0.15) is 0 Å². The number of nitrogens with one attached hydrogen (secondary N) is 2. The van der Waals surface area contributed by atoms with Crippen molar-refractivity contribution in [3.05, 3.63) is 94.5 Å². The van der Waals surface area contributed by atoms with Crippen molar-refractivity contribution in [2.75, 3.05) is 31.5 Å². The Kier molecular flexibility index (Phi) is 7.18. The molecule has 1 fully saturated rings. The number of piperazine rings is 1. The number of benzene rings is 3. The van der Waals surface area contributed by atoms with E-state index in [1.807, 2.05) is 0 Å². The van der Waals surface area contributed by atoms with Crippen molar-refractivity contribution in [1.29, 1.82) is 0 Å². The number of aryl methyl sites for hydroxylation is 1. The van der Waals surface area contributed by atoms with E-state index in [1.54, 1.807) is 6.33 Å². The van der Waals surface area contributed by atoms with Crippen LogP contribution in [0.1, 0.15) is 23.6 Å². The zero-order valence-electron chi connectivity index (χ0n) is 21.7. The van der Waals surface area contributed by atoms with Crippen LogP contribution in [0.15, 0.2) is 73.1 Å². The Morgan fingerprint density at radius 2 is 1.58 bits per heavy atom. The summed E-state index contributed by atoms with van der Waals surface area (Å²) in [5.41, 5.74) is 7.04. The Balaban J connectivity index is 1.14. The molecule has 1 saturated heterocycles. The maximum Gasteiger partial charge on any atom is 0.178 e. The molecule has 0 saturated carbocycles. The molecule has 1 aliphatic heterocycles. The summed E-state index contributed by atoms with van der Waals surface area (Å²) in [6.07, 6.45) is 1.63. The minimum absolute atomic E-state index is 0.709. The second kappa shape index (κ2) is 11.0. The third kappa shape index (κ3) is 5.20. The van der Waals surface area contributed by atoms with Crippen LogP contribution in [0, 0.1) is 4.77 Å². The van der Waals surface area contributed by atoms with Crippen molar-refractivity contribution < 1.29 is 0 Å². The maximum atomic E-state index is 5.50. The molecule has 0 radical (unpaired) electrons. The smallest absolute Gasteiger partial charge is 0.178 e. The van der Waals surface area contributed by atoms with E-state index in [2.05, 4.69) is 108 Å². The van der Waals surface area contributed by atoms with Gasteiger partial charge in [0.1, 0.15) is 12.1 Å². The van der Waals surface area contributed by atoms with Crippen molar-refractivity contribution in [3.8, 4) is 0 Å². The molecule has 0 unspecified atom stereocenters. The molecule has 7 nitrogen and oxygen atoms in total. The van der Waals surface area contributed by atoms with Crippen LogP contribution in [0.3, 0.4) is 0 Å². The van der Waals surface area contributed by atoms with Crippen molar-refractivity contribution in [1.82, 2.24) is 29.3 Å². The lowest BCUT2D eigenvalue weighted by atomic mass is 10.1. The van der Waals surface area contributed by atoms with E-state index in [1.165, 1.54) is 16.7 Å². The summed E-state index contributed by atoms with van der Waals surface area (Å²) < 4.78 is 2.83. The monoisotopic (exact) mass is 523 g/mol. The second-order valence-corrected chi connectivity index (χ2v) is 10.3. The van der Waals surface area contributed by atoms with Gasteiger partial charge in [0, 0.05) is 57.7 Å². The van der Waals surface area contributed by atoms with Crippen molar-refractivity contribution >= 4 is 40.0 Å². The Bertz CT molecular complexity index is 1600. The molecular weight excluding hydrogens is 490 g/mol. The minimum atomic E-state index is 0.709. The first kappa shape index (κ1) is 24.7. The molecular formula is C30H33N7S. The van der Waals surface area contributed by atoms with Crippen LogP contribution in [0.25, 0.3) is 21.9 Å². The number of H-pyrrole nitrogens is 1. The van der Waals surface area contributed by atoms with Gasteiger partial charge in [0.05, 0.1) is 16.6 Å². The Morgan fingerprint density at radius 3 is 2.34 bits per heavy atom. The quantitative estimate of drug-likeness (QED) is 0.259. The lowest BCUT2D eigenvalue weighted by Crippen LogP contribution is -2.45. The van der Waals surface area contributed by atoms with Gasteiger partial charge in [-0.25, -0.2) is 9.97 Å². The van der Waals surface area contributed by atoms with E-state index in [4.69, 9.17) is 12.2 Å². The molecule has 6 rings (SSSR count). The van der Waals surface area contributed by atoms with E-state index in [0.717, 1.165) is 78.3 Å². The maximum absolute atomic E-state index is 5.50. The van der Waals surface area contributed by atoms with Crippen LogP contribution in [-0.4, -0.2) is 55.5 Å². The van der Waals surface area contributed by atoms with E-state index in [-0.39, 0.29) is 0 Å². The highest BCUT2D eigenvalue weighted by atomic mass is 32.1. The lowest BCUT2D eigenvalue weighted by molar-refractivity contribution is 0.122. The number of imidazole rings is 1. The zero-order valence-corrected chi connectivity index (χ0v) is 22.5. The third-order valence-electron chi connectivity index (χ3n) is 7.52. The highest BCUT2D eigenvalue weighted by Crippen LogP contribution is 2.26. The highest BCUT2D eigenvalue weighted by Gasteiger charge is 2.18. The van der Waals surface area contributed by atoms with E-state index < -0.39 is 0 Å². The summed E-state index contributed by atoms with van der Waals surface area (Å²) in [7, 11) is 0. The molecule has 5 aromatic rings. The third-order valence-corrected chi connectivity index (χ3v) is 7.84. The number of hydrogen-bond donors (Lipinski definition) is 2. The van der Waals surface area contributed by atoms with Gasteiger partial charge in [-0.15, -0.1) is 0 Å². The van der Waals surface area contributed by atoms with Crippen LogP contribution in [0.5, 0.6) is 0 Å². The topological polar surface area (TPSA) is 65.0 Å². The predicted octanol–water partition coefficient (Wildman–Crippen LogP) is 5.59. The van der Waals surface area contributed by atoms with Crippen LogP contribution < -0.4 is 5.32 Å². The van der Waals surface area contributed by atoms with Crippen LogP contribution >= 0.6 is 12.2 Å². The van der Waals surface area contributed by atoms with Crippen LogP contribution in [0.4, 0.5) is 5.82 Å². The summed E-state index contributed by atoms with van der Waals surface area (Å²) in [6, 6.07) is 23.7. The molecule has 2 N–H and O–H groups in total. The second-order valence-electron chi connectivity index (χ2n) is 9.94. The Morgan fingerprint density at radius 1 is 0.868 bits per heavy atom. The van der Waals surface area contributed by atoms with Gasteiger partial charge in [-0.3, -0.25) is 9.80 Å². The molecule has 0 bridgehead atoms. The van der Waals surface area contributed by atoms with Crippen LogP contribution in [0.2, 0.25) is 0 Å². The number of fused-ring (bicyclic) bond motifs is 2. The molecule has 8 heteroatoms. The summed E-state index contributed by atoms with van der Waals surface area (Å²) in [5, 5.41) is 4.58. The van der Waals surface area contributed by atoms with E-state index in [0.29, 0.717) is 6.54 Å². The van der Waals surface area contributed by atoms with Gasteiger partial charge in [-0.1, -0.05) is 54.6 Å². The molecule has 0 aliphatic carbocycles. The standard InChI is InChI=1S/C30H33N7S/c1-2-37-28-17-26-25(16-27(28)34-30(37)38)29(33-21-32-26)31-18-23-10-6-7-11-24(23)20-36-14-12-35(13-15-36)19-22-8-4-3-5-9-22/h3-11,16-17,21H,2,12-15,18-20H2,1H3,(H,34,38)(H,31,32,33). The average molecular weight is 524 g/mol. The lowest BCUT2D eigenvalue weighted by Gasteiger charge is -2.35. The fraction of sp³-hybridized carbons (Fsp3) is 0.300. The largest absolute Gasteiger partial charge is 0.365 e. The van der Waals surface area contributed by atoms with Crippen molar-refractivity contribution in [3.63, 3.8) is 0 Å². The molecule has 0 spiro atoms. The SMILES string of the molecule is CCn1c(=S)[nH]c2cc3c(NCc4ccccc4CN4CCN(Cc5ccccc5)CC4)ncnc3cc21. The van der Waals surface area contributed by atoms with Gasteiger partial charge < -0.3 is 14.9 Å². The summed E-state index contributed by atoms with van der Waals surface area (Å²) in [4.78, 5) is 17.6. The molecule has 2 aromatic heterocycles. The molecule has 3 heterocycles. The fourth-order valence-electron chi connectivity index (χ4n) is 5.41. The first-order chi connectivity index (χ1) is 18.7. The summed E-state index contributed by atoms with van der Waals surface area (Å²) >= 11 is 5.50. The number of aromatic amines is 1. The number of aromatic nitrogens is 4. The Hall–Kier alpha value is -3.59. The molecule has 1 aliphatic rings. The van der Waals surface area contributed by atoms with Crippen molar-refractivity contribution in [2.45, 2.75) is 33.1 Å².